The van der Waals surface area contributed by atoms with Gasteiger partial charge in [-0.25, -0.2) is 0 Å². The zero-order valence-electron chi connectivity index (χ0n) is 26.3. The zero-order valence-corrected chi connectivity index (χ0v) is 26.3. The highest BCUT2D eigenvalue weighted by molar-refractivity contribution is 5.71. The van der Waals surface area contributed by atoms with Crippen molar-refractivity contribution in [2.75, 3.05) is 0 Å². The molecule has 0 aliphatic carbocycles. The summed E-state index contributed by atoms with van der Waals surface area (Å²) in [5.41, 5.74) is 0. The highest BCUT2D eigenvalue weighted by Crippen LogP contribution is 2.14. The molecule has 0 rings (SSSR count). The fraction of sp³-hybridized carbons (Fsp3) is 0.622. The third kappa shape index (κ3) is 31.8. The molecule has 41 heavy (non-hydrogen) atoms. The summed E-state index contributed by atoms with van der Waals surface area (Å²) in [5.74, 6) is -0.928. The van der Waals surface area contributed by atoms with E-state index in [1.807, 2.05) is 12.2 Å². The first-order chi connectivity index (χ1) is 20.1. The first-order valence-corrected chi connectivity index (χ1v) is 16.4. The van der Waals surface area contributed by atoms with Crippen LogP contribution in [0.4, 0.5) is 0 Å². The van der Waals surface area contributed by atoms with E-state index >= 15 is 0 Å². The number of hydrogen-bond acceptors (Lipinski definition) is 3. The van der Waals surface area contributed by atoms with Crippen LogP contribution < -0.4 is 0 Å². The summed E-state index contributed by atoms with van der Waals surface area (Å²) in [4.78, 5) is 23.1. The van der Waals surface area contributed by atoms with E-state index in [0.29, 0.717) is 6.42 Å². The number of ether oxygens (including phenoxy) is 1. The quantitative estimate of drug-likeness (QED) is 0.0579. The minimum Gasteiger partial charge on any atom is -0.481 e. The lowest BCUT2D eigenvalue weighted by atomic mass is 10.1. The van der Waals surface area contributed by atoms with Crippen molar-refractivity contribution >= 4 is 11.9 Å². The number of carbonyl (C=O) groups excluding carboxylic acids is 1. The van der Waals surface area contributed by atoms with Gasteiger partial charge in [-0.05, 0) is 70.3 Å². The molecule has 0 aliphatic rings. The van der Waals surface area contributed by atoms with Crippen LogP contribution in [0, 0.1) is 0 Å². The molecule has 1 atom stereocenters. The summed E-state index contributed by atoms with van der Waals surface area (Å²) in [5, 5.41) is 8.79. The Morgan fingerprint density at radius 2 is 1.12 bits per heavy atom. The van der Waals surface area contributed by atoms with Crippen molar-refractivity contribution in [2.45, 2.75) is 148 Å². The Bertz CT molecular complexity index is 785. The lowest BCUT2D eigenvalue weighted by molar-refractivity contribution is -0.146. The van der Waals surface area contributed by atoms with Crippen molar-refractivity contribution in [1.82, 2.24) is 0 Å². The van der Waals surface area contributed by atoms with Gasteiger partial charge in [-0.3, -0.25) is 9.59 Å². The van der Waals surface area contributed by atoms with Crippen LogP contribution in [0.3, 0.4) is 0 Å². The number of allylic oxidation sites excluding steroid dienone is 10. The number of carbonyl (C=O) groups is 2. The minimum absolute atomic E-state index is 0.192. The van der Waals surface area contributed by atoms with E-state index < -0.39 is 5.97 Å². The highest BCUT2D eigenvalue weighted by Gasteiger charge is 2.10. The van der Waals surface area contributed by atoms with Gasteiger partial charge in [0.2, 0.25) is 0 Å². The summed E-state index contributed by atoms with van der Waals surface area (Å²) < 4.78 is 5.78. The Hall–Kier alpha value is -2.62. The van der Waals surface area contributed by atoms with Gasteiger partial charge in [0.25, 0.3) is 0 Å². The van der Waals surface area contributed by atoms with Gasteiger partial charge in [0, 0.05) is 6.42 Å². The number of unbranched alkanes of at least 4 members (excludes halogenated alkanes) is 10. The van der Waals surface area contributed by atoms with Gasteiger partial charge < -0.3 is 9.84 Å². The van der Waals surface area contributed by atoms with E-state index in [1.54, 1.807) is 0 Å². The van der Waals surface area contributed by atoms with Gasteiger partial charge in [-0.15, -0.1) is 0 Å². The molecule has 0 aromatic heterocycles. The molecule has 1 unspecified atom stereocenters. The predicted molar refractivity (Wildman–Crippen MR) is 176 cm³/mol. The maximum Gasteiger partial charge on any atom is 0.310 e. The largest absolute Gasteiger partial charge is 0.481 e. The molecule has 0 radical (unpaired) electrons. The average Bonchev–Trinajstić information content (AvgIpc) is 2.95. The molecule has 0 aliphatic heterocycles. The second kappa shape index (κ2) is 31.9. The molecule has 232 valence electrons. The summed E-state index contributed by atoms with van der Waals surface area (Å²) in [6.07, 6.45) is 45.0. The molecule has 0 saturated carbocycles. The summed E-state index contributed by atoms with van der Waals surface area (Å²) >= 11 is 0. The van der Waals surface area contributed by atoms with Gasteiger partial charge in [0.15, 0.2) is 0 Å². The number of carboxylic acid groups (broad SMARTS) is 1. The highest BCUT2D eigenvalue weighted by atomic mass is 16.5. The Balaban J connectivity index is 4.30. The maximum absolute atomic E-state index is 12.4. The van der Waals surface area contributed by atoms with E-state index in [9.17, 15) is 9.59 Å². The zero-order chi connectivity index (χ0) is 30.1. The van der Waals surface area contributed by atoms with Gasteiger partial charge in [0.05, 0.1) is 6.42 Å². The van der Waals surface area contributed by atoms with Crippen LogP contribution in [0.15, 0.2) is 72.9 Å². The third-order valence-corrected chi connectivity index (χ3v) is 6.68. The molecular weight excluding hydrogens is 508 g/mol. The van der Waals surface area contributed by atoms with Crippen molar-refractivity contribution in [3.8, 4) is 0 Å². The molecule has 0 aromatic carbocycles. The molecule has 1 N–H and O–H groups in total. The van der Waals surface area contributed by atoms with Crippen molar-refractivity contribution < 1.29 is 19.4 Å². The van der Waals surface area contributed by atoms with Crippen molar-refractivity contribution in [1.29, 1.82) is 0 Å². The normalized spacial score (nSPS) is 13.2. The lowest BCUT2D eigenvalue weighted by Gasteiger charge is -2.14. The smallest absolute Gasteiger partial charge is 0.310 e. The number of hydrogen-bond donors (Lipinski definition) is 1. The molecule has 0 fully saturated rings. The summed E-state index contributed by atoms with van der Waals surface area (Å²) in [7, 11) is 0. The van der Waals surface area contributed by atoms with Gasteiger partial charge in [0.1, 0.15) is 6.10 Å². The summed E-state index contributed by atoms with van der Waals surface area (Å²) in [6, 6.07) is 0. The first-order valence-electron chi connectivity index (χ1n) is 16.4. The number of aliphatic carboxylic acids is 1. The predicted octanol–water partition coefficient (Wildman–Crippen LogP) is 11.2. The van der Waals surface area contributed by atoms with Gasteiger partial charge in [-0.1, -0.05) is 132 Å². The van der Waals surface area contributed by atoms with Crippen molar-refractivity contribution in [3.05, 3.63) is 72.9 Å². The molecule has 0 bridgehead atoms. The lowest BCUT2D eigenvalue weighted by Crippen LogP contribution is -2.15. The standard InChI is InChI=1S/C37H60O4/c1-3-5-7-9-11-13-14-15-16-17-18-20-22-24-30-34-37(40)41-35(32-28-25-26-29-33-36(38)39)31-27-23-21-19-12-10-8-6-4-2/h5,7,11,13,15-16,18,20,24,27,30-31,35H,3-4,6,8-10,12,14,17,19,21-23,25-26,28-29,32-34H2,1-2H3,(H,38,39)/b7-5-,13-11-,16-15-,20-18-,30-24-,31-27-. The molecule has 4 heteroatoms. The average molecular weight is 569 g/mol. The van der Waals surface area contributed by atoms with E-state index in [1.165, 1.54) is 44.9 Å². The number of esters is 1. The molecule has 4 nitrogen and oxygen atoms in total. The van der Waals surface area contributed by atoms with Gasteiger partial charge in [-0.2, -0.15) is 0 Å². The van der Waals surface area contributed by atoms with E-state index in [4.69, 9.17) is 9.84 Å². The van der Waals surface area contributed by atoms with Crippen LogP contribution in [0.2, 0.25) is 0 Å². The SMILES string of the molecule is CC/C=C\C/C=C\C/C=C\C/C=C\C/C=C\CC(=O)OC(/C=C\CCCCCCCCC)CCCCCCC(=O)O. The monoisotopic (exact) mass is 568 g/mol. The molecule has 0 saturated heterocycles. The minimum atomic E-state index is -0.736. The van der Waals surface area contributed by atoms with Gasteiger partial charge >= 0.3 is 11.9 Å². The maximum atomic E-state index is 12.4. The van der Waals surface area contributed by atoms with Crippen LogP contribution in [0.5, 0.6) is 0 Å². The Morgan fingerprint density at radius 1 is 0.610 bits per heavy atom. The number of carboxylic acids is 1. The van der Waals surface area contributed by atoms with Crippen LogP contribution in [0.1, 0.15) is 142 Å². The Labute approximate surface area is 252 Å². The van der Waals surface area contributed by atoms with E-state index in [2.05, 4.69) is 74.6 Å². The second-order valence-electron chi connectivity index (χ2n) is 10.6. The molecule has 0 heterocycles. The molecular formula is C37H60O4. The second-order valence-corrected chi connectivity index (χ2v) is 10.6. The fourth-order valence-electron chi connectivity index (χ4n) is 4.28. The third-order valence-electron chi connectivity index (χ3n) is 6.68. The Morgan fingerprint density at radius 3 is 1.71 bits per heavy atom. The fourth-order valence-corrected chi connectivity index (χ4v) is 4.28. The molecule has 0 spiro atoms. The van der Waals surface area contributed by atoms with E-state index in [-0.39, 0.29) is 24.9 Å². The summed E-state index contributed by atoms with van der Waals surface area (Å²) in [6.45, 7) is 4.39. The van der Waals surface area contributed by atoms with Crippen molar-refractivity contribution in [3.63, 3.8) is 0 Å². The topological polar surface area (TPSA) is 63.6 Å². The first kappa shape index (κ1) is 38.4. The van der Waals surface area contributed by atoms with E-state index in [0.717, 1.165) is 64.2 Å². The molecule has 0 amide bonds. The van der Waals surface area contributed by atoms with Crippen molar-refractivity contribution in [2.24, 2.45) is 0 Å². The molecule has 0 aromatic rings. The number of rotatable bonds is 28. The van der Waals surface area contributed by atoms with Crippen LogP contribution in [0.25, 0.3) is 0 Å². The van der Waals surface area contributed by atoms with Crippen LogP contribution in [-0.4, -0.2) is 23.1 Å². The Kier molecular flexibility index (Phi) is 29.9. The van der Waals surface area contributed by atoms with Crippen LogP contribution >= 0.6 is 0 Å². The van der Waals surface area contributed by atoms with Crippen LogP contribution in [-0.2, 0) is 14.3 Å².